The first-order chi connectivity index (χ1) is 65.4. The average molecular weight is 2030 g/mol. The number of nitrogens with one attached hydrogen (secondary N) is 11. The molecule has 3 saturated heterocycles. The third kappa shape index (κ3) is 32.6. The molecule has 3 aliphatic rings. The van der Waals surface area contributed by atoms with Gasteiger partial charge in [0, 0.05) is 77.6 Å². The molecule has 26 atom stereocenters. The Morgan fingerprint density at radius 2 is 1.38 bits per heavy atom. The molecule has 10 amide bonds. The molecule has 57 heteroatoms. The molecule has 1 aromatic carbocycles. The van der Waals surface area contributed by atoms with Gasteiger partial charge in [0.05, 0.1) is 91.9 Å². The quantitative estimate of drug-likeness (QED) is 0.0125. The van der Waals surface area contributed by atoms with Gasteiger partial charge in [0.2, 0.25) is 35.4 Å². The highest BCUT2D eigenvalue weighted by Gasteiger charge is 2.54. The second-order valence-corrected chi connectivity index (χ2v) is 35.1. The van der Waals surface area contributed by atoms with E-state index in [9.17, 15) is 99.6 Å². The predicted molar refractivity (Wildman–Crippen MR) is 489 cm³/mol. The molecule has 0 radical (unpaired) electrons. The van der Waals surface area contributed by atoms with E-state index in [1.807, 2.05) is 5.32 Å². The van der Waals surface area contributed by atoms with Gasteiger partial charge in [-0.15, -0.1) is 22.7 Å². The Morgan fingerprint density at radius 1 is 0.681 bits per heavy atom. The van der Waals surface area contributed by atoms with Gasteiger partial charge in [-0.25, -0.2) is 34.7 Å². The lowest BCUT2D eigenvalue weighted by atomic mass is 9.95. The molecule has 11 unspecified atom stereocenters. The second-order valence-electron chi connectivity index (χ2n) is 32.5. The number of primary amides is 2. The summed E-state index contributed by atoms with van der Waals surface area (Å²) in [6, 6.07) is -3.79. The van der Waals surface area contributed by atoms with E-state index in [0.717, 1.165) is 87.0 Å². The summed E-state index contributed by atoms with van der Waals surface area (Å²) >= 11 is 13.6. The first-order valence-corrected chi connectivity index (χ1v) is 45.9. The Kier molecular flexibility index (Phi) is 44.6. The topological polar surface area (TPSA) is 890 Å². The average Bonchev–Trinajstić information content (AvgIpc) is 0.976. The Hall–Kier alpha value is -10.3. The van der Waals surface area contributed by atoms with Crippen LogP contribution in [0.2, 0.25) is 10.0 Å². The fourth-order valence-electron chi connectivity index (χ4n) is 13.9. The van der Waals surface area contributed by atoms with Crippen LogP contribution in [0.15, 0.2) is 59.8 Å². The largest absolute Gasteiger partial charge is 0.465 e. The van der Waals surface area contributed by atoms with Crippen LogP contribution in [0.4, 0.5) is 16.4 Å². The number of thiazole rings is 2. The number of anilines is 2. The highest BCUT2D eigenvalue weighted by atomic mass is 35.5. The van der Waals surface area contributed by atoms with Crippen LogP contribution in [0.1, 0.15) is 149 Å². The number of nitrogen functional groups attached to an aromatic ring is 2. The molecule has 138 heavy (non-hydrogen) atoms. The maximum Gasteiger partial charge on any atom is 0.405 e. The number of halogens is 2. The fraction of sp³-hybridized carbons (Fsp3) is 0.580. The zero-order valence-corrected chi connectivity index (χ0v) is 78.2. The minimum absolute atomic E-state index is 0.00866. The van der Waals surface area contributed by atoms with Crippen LogP contribution >= 0.6 is 45.9 Å². The van der Waals surface area contributed by atoms with Gasteiger partial charge in [-0.1, -0.05) is 29.3 Å². The number of imidazole rings is 1. The summed E-state index contributed by atoms with van der Waals surface area (Å²) in [6.45, 7) is 5.63. The number of rotatable bonds is 50. The molecule has 39 N–H and O–H groups in total. The van der Waals surface area contributed by atoms with Crippen molar-refractivity contribution in [3.8, 4) is 10.7 Å². The maximum atomic E-state index is 15.3. The lowest BCUT2D eigenvalue weighted by Crippen LogP contribution is -2.67. The van der Waals surface area contributed by atoms with E-state index in [1.165, 1.54) is 30.8 Å². The van der Waals surface area contributed by atoms with Crippen LogP contribution in [-0.2, 0) is 63.7 Å². The van der Waals surface area contributed by atoms with Gasteiger partial charge in [0.1, 0.15) is 118 Å². The Bertz CT molecular complexity index is 4980. The third-order valence-electron chi connectivity index (χ3n) is 21.9. The van der Waals surface area contributed by atoms with E-state index in [1.54, 1.807) is 30.3 Å². The number of nitrogens with two attached hydrogens (primary N) is 8. The number of amides is 10. The molecule has 0 spiro atoms. The number of benzene rings is 1. The van der Waals surface area contributed by atoms with E-state index in [-0.39, 0.29) is 57.4 Å². The molecule has 53 nitrogen and oxygen atoms in total. The van der Waals surface area contributed by atoms with Crippen LogP contribution in [0.3, 0.4) is 0 Å². The van der Waals surface area contributed by atoms with Crippen LogP contribution in [-0.4, -0.2) is 349 Å². The summed E-state index contributed by atoms with van der Waals surface area (Å²) in [6.07, 6.45) is -31.3. The van der Waals surface area contributed by atoms with E-state index in [4.69, 9.17) is 97.5 Å². The van der Waals surface area contributed by atoms with Crippen LogP contribution in [0.5, 0.6) is 0 Å². The number of hydrogen-bond donors (Lipinski definition) is 31. The lowest BCUT2D eigenvalue weighted by molar-refractivity contribution is -0.366. The van der Waals surface area contributed by atoms with E-state index in [0.29, 0.717) is 53.9 Å². The van der Waals surface area contributed by atoms with Gasteiger partial charge >= 0.3 is 6.09 Å². The number of nitrogens with zero attached hydrogens (tertiary/aromatic N) is 6. The first-order valence-electron chi connectivity index (χ1n) is 43.4. The highest BCUT2D eigenvalue weighted by Crippen LogP contribution is 2.36. The fourth-order valence-corrected chi connectivity index (χ4v) is 16.0. The van der Waals surface area contributed by atoms with Gasteiger partial charge in [-0.2, -0.15) is 0 Å². The predicted octanol–water partition coefficient (Wildman–Crippen LogP) is -8.18. The lowest BCUT2D eigenvalue weighted by Gasteiger charge is -2.47. The van der Waals surface area contributed by atoms with Gasteiger partial charge in [0.15, 0.2) is 31.2 Å². The molecule has 0 aliphatic carbocycles. The molecule has 0 bridgehead atoms. The van der Waals surface area contributed by atoms with Crippen molar-refractivity contribution in [1.82, 2.24) is 88.1 Å². The summed E-state index contributed by atoms with van der Waals surface area (Å²) in [7, 11) is 0. The van der Waals surface area contributed by atoms with Crippen molar-refractivity contribution in [3.63, 3.8) is 0 Å². The van der Waals surface area contributed by atoms with Gasteiger partial charge in [0.25, 0.3) is 17.7 Å². The summed E-state index contributed by atoms with van der Waals surface area (Å²) in [5.41, 5.74) is 46.6. The number of aliphatic hydroxyl groups is 11. The number of hydrogen-bond acceptors (Lipinski definition) is 43. The summed E-state index contributed by atoms with van der Waals surface area (Å²) in [4.78, 5) is 161. The SMILES string of the molecule is Cc1c(N)nc(C(CC(N)=O)NCC(N)C(N)=O)nc1C(=O)NC(C(=O)NC(C)C(O)CC(=O)NC(C(=O)NC(O[C@@H]1O[C@@H](C)[C@@H](N)[C@@H](O)[C@H]1O)C(O)c1nc(-c2nc(C(=O)NCCCC(N)CC(=O)NCCCNCCCCN)cs2)cs1)C(C)O)C(O[C@H]1O[C@@H](CO)[C@@H](O)[C@H](O)[C@@H]1O[C@H]1O[C@H](CO)[C@H](O)[C@H](NC(=O)O)[C@@H]1O)c1cnc[nH]1.Nc1ccc(C(=O)NCc2ccc(Cl)cc2Cl)cn1. The summed E-state index contributed by atoms with van der Waals surface area (Å²) < 4.78 is 35.6. The normalized spacial score (nSPS) is 23.8. The number of carboxylic acid groups (broad SMARTS) is 1. The molecule has 6 aromatic rings. The molecule has 5 aromatic heterocycles. The molecular formula is C81H121Cl2N25O28S2. The number of pyridine rings is 1. The maximum absolute atomic E-state index is 15.3. The smallest absolute Gasteiger partial charge is 0.405 e. The van der Waals surface area contributed by atoms with E-state index < -0.39 is 256 Å². The number of H-pyrrole nitrogens is 1. The number of aliphatic hydroxyl groups excluding tert-OH is 11. The van der Waals surface area contributed by atoms with Crippen molar-refractivity contribution in [3.05, 3.63) is 114 Å². The van der Waals surface area contributed by atoms with Crippen LogP contribution < -0.4 is 99.0 Å². The summed E-state index contributed by atoms with van der Waals surface area (Å²) in [5, 5.41) is 162. The zero-order valence-electron chi connectivity index (χ0n) is 75.1. The number of aromatic nitrogens is 7. The monoisotopic (exact) mass is 2030 g/mol. The number of ether oxygens (including phenoxy) is 6. The Balaban J connectivity index is 0.00000109. The van der Waals surface area contributed by atoms with Crippen LogP contribution in [0.25, 0.3) is 10.7 Å². The first kappa shape index (κ1) is 113. The molecular weight excluding hydrogens is 1910 g/mol. The molecule has 3 fully saturated rings. The molecule has 3 aliphatic heterocycles. The minimum atomic E-state index is -2.28. The molecule has 764 valence electrons. The molecule has 9 rings (SSSR count). The van der Waals surface area contributed by atoms with Crippen LogP contribution in [0, 0.1) is 6.92 Å². The van der Waals surface area contributed by atoms with Crippen molar-refractivity contribution in [2.45, 2.75) is 244 Å². The number of carbonyl (C=O) groups is 10. The summed E-state index contributed by atoms with van der Waals surface area (Å²) in [5.74, 6) is -8.52. The second kappa shape index (κ2) is 54.5. The number of aromatic amines is 1. The van der Waals surface area contributed by atoms with Crippen molar-refractivity contribution >= 4 is 117 Å². The standard InChI is InChI=1S/C68H110N22O27S2.C13H11Cl2N3O/c1-25-42(86-57(89-55(25)74)31(16-38(72)95)80-18-30(71)56(75)105)59(107)87-45(53(32-19-77-24-81-32)115-67-54(50(102)47(99)37(21-92)114-67)116-65-49(101)44(88-68(110)111)46(98)36(20-91)113-65)61(109)82-26(2)35(94)17-40(97)85-43(27(3)93)60(108)90-62(117-66-51(103)48(100)41(73)28(4)112-66)52(104)64-84-34(23-119-64)63-83-33(22-118-63)58(106)79-13-7-9-29(70)15-39(96)78-14-8-12-76-11-6-5-10-69;14-10-3-1-8(11(15)5-10)6-18-13(19)9-2-4-12(16)17-7-9/h19,22-24,26-31,35-37,41,43-54,62,65-67,76,80,88,91-94,98-104H,5-18,20-21,69-71,73H2,1-4H3,(H2,72,95)(H2,75,105)(H,77,81)(H,78,96)(H,79,106)(H,82,109)(H,85,97)(H,87,107)(H,90,108)(H,110,111)(H2,74,86,89);1-5,7H,6H2,(H2,16,17)(H,18,19)/t26?,27?,28-,29?,30?,31?,35?,36+,37-,41+,43?,44-,45?,46-,47+,48+,49-,50-,51+,52?,53?,54-,62?,65+,66-,67+;/m0./s1. The molecule has 0 saturated carbocycles. The van der Waals surface area contributed by atoms with Crippen molar-refractivity contribution < 1.29 is 138 Å². The third-order valence-corrected chi connectivity index (χ3v) is 24.3. The van der Waals surface area contributed by atoms with Gasteiger partial charge in [-0.3, -0.25) is 43.2 Å². The molecule has 8 heterocycles. The van der Waals surface area contributed by atoms with Gasteiger partial charge < -0.3 is 194 Å². The number of unbranched alkanes of at least 4 members (excludes halogenated alkanes) is 1. The number of carbonyl (C=O) groups excluding carboxylic acids is 9. The Morgan fingerprint density at radius 3 is 2.03 bits per heavy atom. The van der Waals surface area contributed by atoms with Crippen molar-refractivity contribution in [2.75, 3.05) is 63.9 Å². The Labute approximate surface area is 806 Å². The minimum Gasteiger partial charge on any atom is -0.465 e. The van der Waals surface area contributed by atoms with Crippen molar-refractivity contribution in [1.29, 1.82) is 0 Å². The van der Waals surface area contributed by atoms with Gasteiger partial charge in [-0.05, 0) is 109 Å². The van der Waals surface area contributed by atoms with Crippen molar-refractivity contribution in [2.24, 2.45) is 34.4 Å². The van der Waals surface area contributed by atoms with E-state index >= 15 is 9.59 Å². The highest BCUT2D eigenvalue weighted by molar-refractivity contribution is 7.14. The zero-order chi connectivity index (χ0) is 102. The van der Waals surface area contributed by atoms with E-state index in [2.05, 4.69) is 82.7 Å².